The summed E-state index contributed by atoms with van der Waals surface area (Å²) in [7, 11) is 2.73. The van der Waals surface area contributed by atoms with Crippen LogP contribution in [0.15, 0.2) is 42.5 Å². The molecule has 0 saturated carbocycles. The summed E-state index contributed by atoms with van der Waals surface area (Å²) < 4.78 is 50.7. The molecule has 3 aliphatic rings. The number of phenolic OH excluding ortho intramolecular Hbond substituents is 2. The Kier molecular flexibility index (Phi) is 16.0. The van der Waals surface area contributed by atoms with Crippen LogP contribution in [0.1, 0.15) is 11.1 Å². The average molecular weight is 831 g/mol. The molecule has 324 valence electrons. The van der Waals surface area contributed by atoms with Crippen LogP contribution in [0.25, 0.3) is 6.08 Å². The van der Waals surface area contributed by atoms with Crippen molar-refractivity contribution in [3.8, 4) is 23.0 Å². The number of methoxy groups -OCH3 is 2. The van der Waals surface area contributed by atoms with Crippen molar-refractivity contribution in [2.75, 3.05) is 40.6 Å². The molecule has 58 heavy (non-hydrogen) atoms. The molecule has 21 nitrogen and oxygen atoms in total. The van der Waals surface area contributed by atoms with Gasteiger partial charge >= 0.3 is 5.97 Å². The number of hydrogen-bond acceptors (Lipinski definition) is 21. The molecule has 0 aromatic heterocycles. The van der Waals surface area contributed by atoms with Gasteiger partial charge < -0.3 is 98.8 Å². The Morgan fingerprint density at radius 3 is 1.81 bits per heavy atom. The lowest BCUT2D eigenvalue weighted by Crippen LogP contribution is -2.67. The SMILES string of the molecule is COc1ccc(CCOC2OC(COC(=O)C=Cc3ccc(O)c(OC)c3)C(O)C(OC3OC(CO)C(O)C(O)C3O)C2OC2OC(CO)C(O)C(O)C2O)cc1O. The van der Waals surface area contributed by atoms with E-state index in [0.29, 0.717) is 11.1 Å². The van der Waals surface area contributed by atoms with Crippen molar-refractivity contribution in [1.82, 2.24) is 0 Å². The summed E-state index contributed by atoms with van der Waals surface area (Å²) in [6.45, 7) is -2.52. The van der Waals surface area contributed by atoms with Gasteiger partial charge in [-0.3, -0.25) is 0 Å². The molecule has 0 spiro atoms. The van der Waals surface area contributed by atoms with Crippen LogP contribution in [-0.4, -0.2) is 195 Å². The highest BCUT2D eigenvalue weighted by molar-refractivity contribution is 5.87. The number of phenols is 2. The van der Waals surface area contributed by atoms with Gasteiger partial charge in [-0.1, -0.05) is 12.1 Å². The fourth-order valence-corrected chi connectivity index (χ4v) is 6.49. The Balaban J connectivity index is 1.43. The van der Waals surface area contributed by atoms with Crippen LogP contribution in [0.5, 0.6) is 23.0 Å². The van der Waals surface area contributed by atoms with Crippen LogP contribution >= 0.6 is 0 Å². The van der Waals surface area contributed by atoms with Crippen LogP contribution < -0.4 is 9.47 Å². The monoisotopic (exact) mass is 830 g/mol. The third-order valence-corrected chi connectivity index (χ3v) is 9.82. The summed E-state index contributed by atoms with van der Waals surface area (Å²) >= 11 is 0. The lowest BCUT2D eigenvalue weighted by atomic mass is 9.96. The third kappa shape index (κ3) is 10.5. The normalized spacial score (nSPS) is 35.5. The zero-order chi connectivity index (χ0) is 42.3. The van der Waals surface area contributed by atoms with E-state index in [1.807, 2.05) is 0 Å². The minimum absolute atomic E-state index is 0.122. The third-order valence-electron chi connectivity index (χ3n) is 9.82. The zero-order valence-corrected chi connectivity index (χ0v) is 31.3. The van der Waals surface area contributed by atoms with Crippen LogP contribution in [0.4, 0.5) is 0 Å². The molecular weight excluding hydrogens is 780 g/mol. The second-order valence-electron chi connectivity index (χ2n) is 13.7. The number of carbonyl (C=O) groups excluding carboxylic acids is 1. The second kappa shape index (κ2) is 20.5. The Hall–Kier alpha value is -3.75. The number of benzene rings is 2. The van der Waals surface area contributed by atoms with Crippen molar-refractivity contribution in [3.05, 3.63) is 53.6 Å². The average Bonchev–Trinajstić information content (AvgIpc) is 3.22. The summed E-state index contributed by atoms with van der Waals surface area (Å²) in [5, 5.41) is 115. The Labute approximate surface area is 331 Å². The highest BCUT2D eigenvalue weighted by Gasteiger charge is 2.54. The molecule has 21 heteroatoms. The number of aromatic hydroxyl groups is 2. The molecule has 0 radical (unpaired) electrons. The van der Waals surface area contributed by atoms with Gasteiger partial charge in [-0.2, -0.15) is 0 Å². The molecule has 3 saturated heterocycles. The van der Waals surface area contributed by atoms with E-state index < -0.39 is 118 Å². The zero-order valence-electron chi connectivity index (χ0n) is 31.3. The fourth-order valence-electron chi connectivity index (χ4n) is 6.49. The maximum Gasteiger partial charge on any atom is 0.330 e. The topological polar surface area (TPSA) is 323 Å². The first-order chi connectivity index (χ1) is 27.7. The molecule has 3 fully saturated rings. The minimum atomic E-state index is -1.98. The van der Waals surface area contributed by atoms with Gasteiger partial charge in [0.15, 0.2) is 41.9 Å². The van der Waals surface area contributed by atoms with Crippen molar-refractivity contribution in [3.63, 3.8) is 0 Å². The predicted molar refractivity (Wildman–Crippen MR) is 191 cm³/mol. The molecule has 2 aromatic rings. The number of rotatable bonds is 16. The van der Waals surface area contributed by atoms with Gasteiger partial charge in [0.05, 0.1) is 34.0 Å². The van der Waals surface area contributed by atoms with E-state index in [1.54, 1.807) is 6.07 Å². The molecular formula is C37H50O21. The van der Waals surface area contributed by atoms with E-state index >= 15 is 0 Å². The first-order valence-corrected chi connectivity index (χ1v) is 18.2. The van der Waals surface area contributed by atoms with E-state index in [2.05, 4.69) is 0 Å². The molecule has 3 aliphatic heterocycles. The Morgan fingerprint density at radius 2 is 1.24 bits per heavy atom. The number of esters is 1. The summed E-state index contributed by atoms with van der Waals surface area (Å²) in [4.78, 5) is 12.8. The molecule has 2 aromatic carbocycles. The Bertz CT molecular complexity index is 1660. The number of ether oxygens (including phenoxy) is 9. The van der Waals surface area contributed by atoms with E-state index in [4.69, 9.17) is 42.6 Å². The van der Waals surface area contributed by atoms with Gasteiger partial charge in [0, 0.05) is 6.08 Å². The van der Waals surface area contributed by atoms with Gasteiger partial charge in [-0.05, 0) is 47.9 Å². The van der Waals surface area contributed by atoms with E-state index in [1.165, 1.54) is 50.6 Å². The largest absolute Gasteiger partial charge is 0.504 e. The maximum atomic E-state index is 12.8. The van der Waals surface area contributed by atoms with Crippen LogP contribution in [0.3, 0.4) is 0 Å². The van der Waals surface area contributed by atoms with Crippen molar-refractivity contribution >= 4 is 12.0 Å². The molecule has 11 N–H and O–H groups in total. The van der Waals surface area contributed by atoms with E-state index in [0.717, 1.165) is 6.08 Å². The van der Waals surface area contributed by atoms with Gasteiger partial charge in [-0.25, -0.2) is 4.79 Å². The van der Waals surface area contributed by atoms with Gasteiger partial charge in [0.2, 0.25) is 0 Å². The molecule has 5 rings (SSSR count). The minimum Gasteiger partial charge on any atom is -0.504 e. The highest BCUT2D eigenvalue weighted by Crippen LogP contribution is 2.35. The Morgan fingerprint density at radius 1 is 0.655 bits per heavy atom. The van der Waals surface area contributed by atoms with E-state index in [9.17, 15) is 61.0 Å². The first kappa shape index (κ1) is 45.3. The summed E-state index contributed by atoms with van der Waals surface area (Å²) in [5.74, 6) is -0.834. The van der Waals surface area contributed by atoms with Gasteiger partial charge in [0.1, 0.15) is 79.9 Å². The first-order valence-electron chi connectivity index (χ1n) is 18.2. The molecule has 0 bridgehead atoms. The van der Waals surface area contributed by atoms with Crippen LogP contribution in [0, 0.1) is 0 Å². The second-order valence-corrected chi connectivity index (χ2v) is 13.7. The molecule has 3 heterocycles. The highest BCUT2D eigenvalue weighted by atomic mass is 16.8. The lowest BCUT2D eigenvalue weighted by molar-refractivity contribution is -0.391. The standard InChI is InChI=1S/C37H50O21/c1-50-20-7-4-17(11-19(20)41)9-10-52-37-34(58-36-32(49)30(47)27(44)23(14-39)55-36)33(57-35-31(48)29(46)26(43)22(13-38)54-35)28(45)24(56-37)15-53-25(42)8-5-16-3-6-18(40)21(12-16)51-2/h3-8,11-12,22-24,26-41,43-49H,9-10,13-15H2,1-2H3. The van der Waals surface area contributed by atoms with Crippen molar-refractivity contribution < 1.29 is 104 Å². The van der Waals surface area contributed by atoms with Gasteiger partial charge in [-0.15, -0.1) is 0 Å². The molecule has 0 aliphatic carbocycles. The van der Waals surface area contributed by atoms with Crippen molar-refractivity contribution in [1.29, 1.82) is 0 Å². The lowest BCUT2D eigenvalue weighted by Gasteiger charge is -2.49. The molecule has 0 amide bonds. The number of aliphatic hydroxyl groups is 9. The summed E-state index contributed by atoms with van der Waals surface area (Å²) in [6.07, 6.45) is -24.0. The fraction of sp³-hybridized carbons (Fsp3) is 0.595. The number of carbonyl (C=O) groups is 1. The van der Waals surface area contributed by atoms with E-state index in [-0.39, 0.29) is 36.0 Å². The van der Waals surface area contributed by atoms with Crippen LogP contribution in [-0.2, 0) is 44.4 Å². The van der Waals surface area contributed by atoms with Crippen LogP contribution in [0.2, 0.25) is 0 Å². The number of hydrogen-bond donors (Lipinski definition) is 11. The summed E-state index contributed by atoms with van der Waals surface area (Å²) in [6, 6.07) is 8.89. The van der Waals surface area contributed by atoms with Gasteiger partial charge in [0.25, 0.3) is 0 Å². The molecule has 15 unspecified atom stereocenters. The van der Waals surface area contributed by atoms with Crippen molar-refractivity contribution in [2.24, 2.45) is 0 Å². The molecule has 15 atom stereocenters. The quantitative estimate of drug-likeness (QED) is 0.0575. The van der Waals surface area contributed by atoms with Crippen molar-refractivity contribution in [2.45, 2.75) is 98.5 Å². The predicted octanol–water partition coefficient (Wildman–Crippen LogP) is -3.61. The maximum absolute atomic E-state index is 12.8. The summed E-state index contributed by atoms with van der Waals surface area (Å²) in [5.41, 5.74) is 1.03. The number of aliphatic hydroxyl groups excluding tert-OH is 9. The smallest absolute Gasteiger partial charge is 0.330 e.